The first-order valence-electron chi connectivity index (χ1n) is 5.79. The van der Waals surface area contributed by atoms with Gasteiger partial charge in [0.1, 0.15) is 0 Å². The van der Waals surface area contributed by atoms with Crippen LogP contribution in [-0.4, -0.2) is 29.6 Å². The average molecular weight is 238 g/mol. The van der Waals surface area contributed by atoms with Crippen LogP contribution in [0.4, 0.5) is 5.82 Å². The fourth-order valence-electron chi connectivity index (χ4n) is 1.78. The van der Waals surface area contributed by atoms with Crippen LogP contribution >= 0.6 is 11.8 Å². The van der Waals surface area contributed by atoms with Crippen LogP contribution in [0.15, 0.2) is 18.3 Å². The molecule has 1 N–H and O–H groups in total. The largest absolute Gasteiger partial charge is 0.490 e. The maximum absolute atomic E-state index is 5.52. The molecule has 1 aromatic heterocycles. The fraction of sp³-hybridized carbons (Fsp3) is 0.583. The van der Waals surface area contributed by atoms with Gasteiger partial charge in [-0.25, -0.2) is 4.98 Å². The van der Waals surface area contributed by atoms with Gasteiger partial charge < -0.3 is 10.1 Å². The van der Waals surface area contributed by atoms with Crippen LogP contribution in [-0.2, 0) is 0 Å². The summed E-state index contributed by atoms with van der Waals surface area (Å²) in [6, 6.07) is 3.86. The van der Waals surface area contributed by atoms with Crippen LogP contribution < -0.4 is 10.1 Å². The molecule has 2 heterocycles. The number of hydrogen-bond acceptors (Lipinski definition) is 4. The van der Waals surface area contributed by atoms with Gasteiger partial charge in [0.05, 0.1) is 6.61 Å². The Morgan fingerprint density at radius 3 is 3.31 bits per heavy atom. The molecule has 4 heteroatoms. The lowest BCUT2D eigenvalue weighted by Crippen LogP contribution is -2.14. The zero-order valence-electron chi connectivity index (χ0n) is 9.61. The van der Waals surface area contributed by atoms with Crippen molar-refractivity contribution in [2.45, 2.75) is 13.3 Å². The van der Waals surface area contributed by atoms with Crippen LogP contribution in [0.2, 0.25) is 0 Å². The molecule has 0 spiro atoms. The summed E-state index contributed by atoms with van der Waals surface area (Å²) in [4.78, 5) is 4.32. The molecule has 0 aromatic carbocycles. The first kappa shape index (κ1) is 11.6. The van der Waals surface area contributed by atoms with Crippen molar-refractivity contribution < 1.29 is 4.74 Å². The predicted octanol–water partition coefficient (Wildman–Crippen LogP) is 2.65. The highest BCUT2D eigenvalue weighted by molar-refractivity contribution is 7.99. The standard InChI is InChI=1S/C12H18N2OS/c1-2-15-11-4-3-6-13-12(11)14-8-10-5-7-16-9-10/h3-4,6,10H,2,5,7-9H2,1H3,(H,13,14). The number of pyridine rings is 1. The Hall–Kier alpha value is -0.900. The van der Waals surface area contributed by atoms with Gasteiger partial charge in [0.2, 0.25) is 0 Å². The predicted molar refractivity (Wildman–Crippen MR) is 69.3 cm³/mol. The van der Waals surface area contributed by atoms with E-state index in [0.29, 0.717) is 6.61 Å². The van der Waals surface area contributed by atoms with Gasteiger partial charge in [-0.2, -0.15) is 11.8 Å². The summed E-state index contributed by atoms with van der Waals surface area (Å²) in [5.41, 5.74) is 0. The molecule has 1 aromatic rings. The molecule has 1 fully saturated rings. The van der Waals surface area contributed by atoms with Gasteiger partial charge in [-0.3, -0.25) is 0 Å². The highest BCUT2D eigenvalue weighted by atomic mass is 32.2. The molecule has 1 atom stereocenters. The average Bonchev–Trinajstić information content (AvgIpc) is 2.81. The minimum atomic E-state index is 0.680. The minimum Gasteiger partial charge on any atom is -0.490 e. The van der Waals surface area contributed by atoms with Crippen molar-refractivity contribution in [3.63, 3.8) is 0 Å². The quantitative estimate of drug-likeness (QED) is 0.855. The van der Waals surface area contributed by atoms with Crippen molar-refractivity contribution in [3.05, 3.63) is 18.3 Å². The normalized spacial score (nSPS) is 19.7. The molecule has 0 radical (unpaired) electrons. The first-order valence-corrected chi connectivity index (χ1v) is 6.95. The number of ether oxygens (including phenoxy) is 1. The molecule has 1 aliphatic heterocycles. The van der Waals surface area contributed by atoms with Crippen LogP contribution in [0.5, 0.6) is 5.75 Å². The maximum atomic E-state index is 5.52. The third-order valence-corrected chi connectivity index (χ3v) is 3.88. The van der Waals surface area contributed by atoms with Crippen molar-refractivity contribution in [1.29, 1.82) is 0 Å². The molecule has 2 rings (SSSR count). The Bertz CT molecular complexity index is 327. The summed E-state index contributed by atoms with van der Waals surface area (Å²) in [5.74, 6) is 5.08. The SMILES string of the molecule is CCOc1cccnc1NCC1CCSC1. The van der Waals surface area contributed by atoms with Gasteiger partial charge in [0, 0.05) is 12.7 Å². The lowest BCUT2D eigenvalue weighted by Gasteiger charge is -2.13. The second-order valence-electron chi connectivity index (χ2n) is 3.89. The second-order valence-corrected chi connectivity index (χ2v) is 5.04. The zero-order chi connectivity index (χ0) is 11.2. The molecular formula is C12H18N2OS. The molecule has 3 nitrogen and oxygen atoms in total. The Kier molecular flexibility index (Phi) is 4.34. The van der Waals surface area contributed by atoms with E-state index in [0.717, 1.165) is 24.0 Å². The van der Waals surface area contributed by atoms with Gasteiger partial charge in [-0.15, -0.1) is 0 Å². The number of aromatic nitrogens is 1. The van der Waals surface area contributed by atoms with E-state index >= 15 is 0 Å². The van der Waals surface area contributed by atoms with E-state index in [-0.39, 0.29) is 0 Å². The number of hydrogen-bond donors (Lipinski definition) is 1. The van der Waals surface area contributed by atoms with E-state index < -0.39 is 0 Å². The summed E-state index contributed by atoms with van der Waals surface area (Å²) < 4.78 is 5.52. The Morgan fingerprint density at radius 2 is 2.56 bits per heavy atom. The molecule has 0 saturated carbocycles. The summed E-state index contributed by atoms with van der Waals surface area (Å²) in [7, 11) is 0. The minimum absolute atomic E-state index is 0.680. The first-order chi connectivity index (χ1) is 7.90. The molecule has 1 saturated heterocycles. The smallest absolute Gasteiger partial charge is 0.168 e. The van der Waals surface area contributed by atoms with E-state index in [1.807, 2.05) is 30.8 Å². The summed E-state index contributed by atoms with van der Waals surface area (Å²) in [6.07, 6.45) is 3.11. The summed E-state index contributed by atoms with van der Waals surface area (Å²) >= 11 is 2.04. The molecule has 1 aliphatic rings. The number of thioether (sulfide) groups is 1. The van der Waals surface area contributed by atoms with Crippen LogP contribution in [0.1, 0.15) is 13.3 Å². The van der Waals surface area contributed by atoms with Crippen LogP contribution in [0.3, 0.4) is 0 Å². The lowest BCUT2D eigenvalue weighted by molar-refractivity contribution is 0.340. The lowest BCUT2D eigenvalue weighted by atomic mass is 10.1. The van der Waals surface area contributed by atoms with Crippen molar-refractivity contribution in [2.24, 2.45) is 5.92 Å². The van der Waals surface area contributed by atoms with Crippen LogP contribution in [0.25, 0.3) is 0 Å². The van der Waals surface area contributed by atoms with Crippen molar-refractivity contribution in [3.8, 4) is 5.75 Å². The number of rotatable bonds is 5. The van der Waals surface area contributed by atoms with Gasteiger partial charge in [-0.05, 0) is 42.9 Å². The summed E-state index contributed by atoms with van der Waals surface area (Å²) in [6.45, 7) is 3.67. The molecule has 0 amide bonds. The van der Waals surface area contributed by atoms with Crippen LogP contribution in [0, 0.1) is 5.92 Å². The monoisotopic (exact) mass is 238 g/mol. The summed E-state index contributed by atoms with van der Waals surface area (Å²) in [5, 5.41) is 3.39. The van der Waals surface area contributed by atoms with E-state index in [4.69, 9.17) is 4.74 Å². The molecule has 16 heavy (non-hydrogen) atoms. The topological polar surface area (TPSA) is 34.1 Å². The zero-order valence-corrected chi connectivity index (χ0v) is 10.4. The van der Waals surface area contributed by atoms with Gasteiger partial charge in [0.15, 0.2) is 11.6 Å². The van der Waals surface area contributed by atoms with E-state index in [9.17, 15) is 0 Å². The Labute approximate surface area is 101 Å². The third kappa shape index (κ3) is 3.04. The number of anilines is 1. The molecule has 0 aliphatic carbocycles. The van der Waals surface area contributed by atoms with Gasteiger partial charge in [0.25, 0.3) is 0 Å². The second kappa shape index (κ2) is 5.99. The highest BCUT2D eigenvalue weighted by Crippen LogP contribution is 2.25. The van der Waals surface area contributed by atoms with Crippen molar-refractivity contribution >= 4 is 17.6 Å². The number of nitrogens with zero attached hydrogens (tertiary/aromatic N) is 1. The van der Waals surface area contributed by atoms with Gasteiger partial charge >= 0.3 is 0 Å². The van der Waals surface area contributed by atoms with E-state index in [1.54, 1.807) is 6.20 Å². The van der Waals surface area contributed by atoms with E-state index in [2.05, 4.69) is 10.3 Å². The molecule has 0 bridgehead atoms. The van der Waals surface area contributed by atoms with E-state index in [1.165, 1.54) is 17.9 Å². The third-order valence-electron chi connectivity index (χ3n) is 2.65. The van der Waals surface area contributed by atoms with Gasteiger partial charge in [-0.1, -0.05) is 0 Å². The molecule has 1 unspecified atom stereocenters. The Morgan fingerprint density at radius 1 is 1.62 bits per heavy atom. The van der Waals surface area contributed by atoms with Crippen molar-refractivity contribution in [2.75, 3.05) is 30.0 Å². The fourth-order valence-corrected chi connectivity index (χ4v) is 3.07. The van der Waals surface area contributed by atoms with Crippen molar-refractivity contribution in [1.82, 2.24) is 4.98 Å². The molecule has 88 valence electrons. The molecular weight excluding hydrogens is 220 g/mol. The maximum Gasteiger partial charge on any atom is 0.168 e. The highest BCUT2D eigenvalue weighted by Gasteiger charge is 2.15. The number of nitrogens with one attached hydrogen (secondary N) is 1. The Balaban J connectivity index is 1.91.